The first-order valence-electron chi connectivity index (χ1n) is 9.88. The Labute approximate surface area is 171 Å². The van der Waals surface area contributed by atoms with Crippen molar-refractivity contribution < 1.29 is 4.79 Å². The molecule has 4 rings (SSSR count). The van der Waals surface area contributed by atoms with Crippen LogP contribution in [-0.2, 0) is 5.41 Å². The zero-order chi connectivity index (χ0) is 20.1. The molecule has 0 saturated carbocycles. The lowest BCUT2D eigenvalue weighted by molar-refractivity contribution is 0.183. The molecule has 0 radical (unpaired) electrons. The number of nitriles is 1. The molecule has 3 aromatic rings. The van der Waals surface area contributed by atoms with Gasteiger partial charge in [-0.05, 0) is 41.7 Å². The first kappa shape index (κ1) is 18.8. The Bertz CT molecular complexity index is 999. The topological polar surface area (TPSA) is 56.1 Å². The van der Waals surface area contributed by atoms with Crippen LogP contribution in [-0.4, -0.2) is 24.0 Å². The van der Waals surface area contributed by atoms with Gasteiger partial charge in [0.1, 0.15) is 0 Å². The van der Waals surface area contributed by atoms with E-state index in [-0.39, 0.29) is 6.03 Å². The Balaban J connectivity index is 1.38. The summed E-state index contributed by atoms with van der Waals surface area (Å²) in [4.78, 5) is 14.5. The maximum absolute atomic E-state index is 12.7. The number of benzene rings is 3. The first-order valence-corrected chi connectivity index (χ1v) is 9.88. The number of nitrogens with zero attached hydrogens (tertiary/aromatic N) is 2. The third-order valence-corrected chi connectivity index (χ3v) is 5.69. The number of hydrogen-bond acceptors (Lipinski definition) is 2. The summed E-state index contributed by atoms with van der Waals surface area (Å²) in [6.07, 6.45) is 1.29. The quantitative estimate of drug-likeness (QED) is 0.656. The van der Waals surface area contributed by atoms with E-state index < -0.39 is 5.41 Å². The lowest BCUT2D eigenvalue weighted by Gasteiger charge is -2.37. The van der Waals surface area contributed by atoms with Crippen molar-refractivity contribution in [2.75, 3.05) is 18.4 Å². The molecule has 0 spiro atoms. The first-order chi connectivity index (χ1) is 14.2. The van der Waals surface area contributed by atoms with Gasteiger partial charge in [0, 0.05) is 18.8 Å². The van der Waals surface area contributed by atoms with Crippen LogP contribution < -0.4 is 5.32 Å². The molecule has 144 valence electrons. The van der Waals surface area contributed by atoms with Gasteiger partial charge < -0.3 is 10.2 Å². The van der Waals surface area contributed by atoms with Gasteiger partial charge in [0.05, 0.1) is 11.5 Å². The highest BCUT2D eigenvalue weighted by Crippen LogP contribution is 2.35. The standard InChI is InChI=1S/C25H23N3O/c26-19-25(22-9-5-2-6-10-22)15-17-28(18-16-25)24(29)27-23-13-11-21(12-14-23)20-7-3-1-4-8-20/h1-14H,15-18H2,(H,27,29). The van der Waals surface area contributed by atoms with Crippen LogP contribution in [0.5, 0.6) is 0 Å². The van der Waals surface area contributed by atoms with Crippen LogP contribution in [0.1, 0.15) is 18.4 Å². The average Bonchev–Trinajstić information content (AvgIpc) is 2.81. The lowest BCUT2D eigenvalue weighted by atomic mass is 9.74. The van der Waals surface area contributed by atoms with Crippen molar-refractivity contribution in [1.29, 1.82) is 5.26 Å². The Hall–Kier alpha value is -3.58. The maximum atomic E-state index is 12.7. The van der Waals surface area contributed by atoms with Crippen molar-refractivity contribution in [1.82, 2.24) is 4.90 Å². The summed E-state index contributed by atoms with van der Waals surface area (Å²) in [5.74, 6) is 0. The molecule has 0 bridgehead atoms. The molecule has 0 aliphatic carbocycles. The fraction of sp³-hybridized carbons (Fsp3) is 0.200. The summed E-state index contributed by atoms with van der Waals surface area (Å²) in [5, 5.41) is 12.8. The smallest absolute Gasteiger partial charge is 0.321 e. The van der Waals surface area contributed by atoms with Crippen molar-refractivity contribution >= 4 is 11.7 Å². The second-order valence-electron chi connectivity index (χ2n) is 7.42. The van der Waals surface area contributed by atoms with Crippen molar-refractivity contribution in [3.63, 3.8) is 0 Å². The summed E-state index contributed by atoms with van der Waals surface area (Å²) in [5.41, 5.74) is 3.57. The highest BCUT2D eigenvalue weighted by atomic mass is 16.2. The summed E-state index contributed by atoms with van der Waals surface area (Å²) >= 11 is 0. The van der Waals surface area contributed by atoms with E-state index in [0.29, 0.717) is 25.9 Å². The van der Waals surface area contributed by atoms with Crippen molar-refractivity contribution in [3.8, 4) is 17.2 Å². The molecular weight excluding hydrogens is 358 g/mol. The fourth-order valence-electron chi connectivity index (χ4n) is 3.89. The number of likely N-dealkylation sites (tertiary alicyclic amines) is 1. The van der Waals surface area contributed by atoms with E-state index in [4.69, 9.17) is 0 Å². The van der Waals surface area contributed by atoms with Gasteiger partial charge in [0.15, 0.2) is 0 Å². The van der Waals surface area contributed by atoms with Gasteiger partial charge in [-0.1, -0.05) is 72.8 Å². The van der Waals surface area contributed by atoms with E-state index in [1.165, 1.54) is 0 Å². The molecule has 1 aliphatic heterocycles. The number of carbonyl (C=O) groups is 1. The van der Waals surface area contributed by atoms with E-state index in [0.717, 1.165) is 22.4 Å². The van der Waals surface area contributed by atoms with Crippen LogP contribution in [0.4, 0.5) is 10.5 Å². The highest BCUT2D eigenvalue weighted by Gasteiger charge is 2.37. The Morgan fingerprint density at radius 2 is 1.38 bits per heavy atom. The molecule has 3 aromatic carbocycles. The van der Waals surface area contributed by atoms with Crippen LogP contribution in [0.2, 0.25) is 0 Å². The monoisotopic (exact) mass is 381 g/mol. The molecule has 1 N–H and O–H groups in total. The van der Waals surface area contributed by atoms with Crippen LogP contribution >= 0.6 is 0 Å². The Morgan fingerprint density at radius 3 is 1.97 bits per heavy atom. The number of amides is 2. The van der Waals surface area contributed by atoms with Gasteiger partial charge in [-0.2, -0.15) is 5.26 Å². The van der Waals surface area contributed by atoms with Crippen LogP contribution in [0.15, 0.2) is 84.9 Å². The van der Waals surface area contributed by atoms with Gasteiger partial charge >= 0.3 is 6.03 Å². The minimum atomic E-state index is -0.505. The predicted octanol–water partition coefficient (Wildman–Crippen LogP) is 5.44. The lowest BCUT2D eigenvalue weighted by Crippen LogP contribution is -2.46. The van der Waals surface area contributed by atoms with Crippen molar-refractivity contribution in [2.24, 2.45) is 0 Å². The zero-order valence-corrected chi connectivity index (χ0v) is 16.2. The number of piperidine rings is 1. The molecule has 1 saturated heterocycles. The second kappa shape index (κ2) is 8.20. The minimum absolute atomic E-state index is 0.114. The normalized spacial score (nSPS) is 15.3. The SMILES string of the molecule is N#CC1(c2ccccc2)CCN(C(=O)Nc2ccc(-c3ccccc3)cc2)CC1. The van der Waals surface area contributed by atoms with Gasteiger partial charge in [-0.25, -0.2) is 4.79 Å². The zero-order valence-electron chi connectivity index (χ0n) is 16.2. The number of urea groups is 1. The van der Waals surface area contributed by atoms with E-state index in [1.807, 2.05) is 72.8 Å². The van der Waals surface area contributed by atoms with Crippen LogP contribution in [0.25, 0.3) is 11.1 Å². The molecule has 1 aliphatic rings. The van der Waals surface area contributed by atoms with Gasteiger partial charge in [0.2, 0.25) is 0 Å². The molecule has 2 amide bonds. The molecule has 1 fully saturated rings. The number of rotatable bonds is 3. The Kier molecular flexibility index (Phi) is 5.31. The highest BCUT2D eigenvalue weighted by molar-refractivity contribution is 5.89. The largest absolute Gasteiger partial charge is 0.324 e. The van der Waals surface area contributed by atoms with Gasteiger partial charge in [-0.3, -0.25) is 0 Å². The minimum Gasteiger partial charge on any atom is -0.324 e. The third kappa shape index (κ3) is 4.00. The summed E-state index contributed by atoms with van der Waals surface area (Å²) in [6.45, 7) is 1.13. The van der Waals surface area contributed by atoms with Crippen molar-refractivity contribution in [3.05, 3.63) is 90.5 Å². The van der Waals surface area contributed by atoms with Crippen LogP contribution in [0, 0.1) is 11.3 Å². The molecule has 0 unspecified atom stereocenters. The van der Waals surface area contributed by atoms with E-state index in [1.54, 1.807) is 4.90 Å². The van der Waals surface area contributed by atoms with Crippen molar-refractivity contribution in [2.45, 2.75) is 18.3 Å². The number of hydrogen-bond donors (Lipinski definition) is 1. The van der Waals surface area contributed by atoms with Gasteiger partial charge in [-0.15, -0.1) is 0 Å². The molecule has 4 nitrogen and oxygen atoms in total. The molecular formula is C25H23N3O. The maximum Gasteiger partial charge on any atom is 0.321 e. The average molecular weight is 381 g/mol. The third-order valence-electron chi connectivity index (χ3n) is 5.69. The molecule has 4 heteroatoms. The predicted molar refractivity (Wildman–Crippen MR) is 115 cm³/mol. The number of carbonyl (C=O) groups excluding carboxylic acids is 1. The number of anilines is 1. The summed E-state index contributed by atoms with van der Waals surface area (Å²) in [7, 11) is 0. The molecule has 1 heterocycles. The van der Waals surface area contributed by atoms with Gasteiger partial charge in [0.25, 0.3) is 0 Å². The molecule has 29 heavy (non-hydrogen) atoms. The summed E-state index contributed by atoms with van der Waals surface area (Å²) < 4.78 is 0. The second-order valence-corrected chi connectivity index (χ2v) is 7.42. The van der Waals surface area contributed by atoms with E-state index in [2.05, 4.69) is 23.5 Å². The van der Waals surface area contributed by atoms with Crippen LogP contribution in [0.3, 0.4) is 0 Å². The molecule has 0 atom stereocenters. The Morgan fingerprint density at radius 1 is 0.828 bits per heavy atom. The summed E-state index contributed by atoms with van der Waals surface area (Å²) in [6, 6.07) is 30.3. The van der Waals surface area contributed by atoms with E-state index >= 15 is 0 Å². The molecule has 0 aromatic heterocycles. The van der Waals surface area contributed by atoms with E-state index in [9.17, 15) is 10.1 Å². The fourth-order valence-corrected chi connectivity index (χ4v) is 3.89. The number of nitrogens with one attached hydrogen (secondary N) is 1.